The van der Waals surface area contributed by atoms with Gasteiger partial charge >= 0.3 is 0 Å². The van der Waals surface area contributed by atoms with Gasteiger partial charge in [0, 0.05) is 13.1 Å². The minimum absolute atomic E-state index is 0.0898. The van der Waals surface area contributed by atoms with Crippen molar-refractivity contribution >= 4 is 0 Å². The van der Waals surface area contributed by atoms with Gasteiger partial charge in [-0.2, -0.15) is 5.26 Å². The van der Waals surface area contributed by atoms with Gasteiger partial charge in [0.1, 0.15) is 6.67 Å². The van der Waals surface area contributed by atoms with E-state index < -0.39 is 12.1 Å². The van der Waals surface area contributed by atoms with Crippen LogP contribution >= 0.6 is 0 Å². The van der Waals surface area contributed by atoms with E-state index in [2.05, 4.69) is 24.8 Å². The number of nitriles is 1. The van der Waals surface area contributed by atoms with Gasteiger partial charge in [-0.05, 0) is 67.1 Å². The molecule has 0 N–H and O–H groups in total. The Morgan fingerprint density at radius 2 is 1.46 bits per heavy atom. The van der Waals surface area contributed by atoms with E-state index in [0.29, 0.717) is 42.5 Å². The molecule has 2 rings (SSSR count). The molecule has 0 aromatic heterocycles. The highest BCUT2D eigenvalue weighted by atomic mass is 18.2. The number of halogens is 1. The van der Waals surface area contributed by atoms with E-state index in [4.69, 9.17) is 18.9 Å². The van der Waals surface area contributed by atoms with Crippen LogP contribution in [0.5, 0.6) is 23.0 Å². The summed E-state index contributed by atoms with van der Waals surface area (Å²) in [4.78, 5) is 2.12. The molecule has 0 heterocycles. The van der Waals surface area contributed by atoms with Gasteiger partial charge < -0.3 is 23.8 Å². The third-order valence-electron chi connectivity index (χ3n) is 6.69. The minimum Gasteiger partial charge on any atom is -0.493 e. The summed E-state index contributed by atoms with van der Waals surface area (Å²) in [5.41, 5.74) is 1.34. The first-order valence-electron chi connectivity index (χ1n) is 12.0. The number of rotatable bonds is 15. The van der Waals surface area contributed by atoms with Gasteiger partial charge in [0.25, 0.3) is 0 Å². The lowest BCUT2D eigenvalue weighted by Crippen LogP contribution is -2.34. The van der Waals surface area contributed by atoms with Gasteiger partial charge in [0.2, 0.25) is 0 Å². The summed E-state index contributed by atoms with van der Waals surface area (Å²) in [5.74, 6) is 2.71. The zero-order valence-corrected chi connectivity index (χ0v) is 21.9. The molecule has 0 aliphatic heterocycles. The number of ether oxygens (including phenoxy) is 4. The average Bonchev–Trinajstić information content (AvgIpc) is 2.88. The Labute approximate surface area is 209 Å². The lowest BCUT2D eigenvalue weighted by molar-refractivity contribution is 0.233. The van der Waals surface area contributed by atoms with Crippen molar-refractivity contribution in [1.82, 2.24) is 4.90 Å². The van der Waals surface area contributed by atoms with E-state index >= 15 is 0 Å². The van der Waals surface area contributed by atoms with Crippen LogP contribution in [0.25, 0.3) is 0 Å². The van der Waals surface area contributed by atoms with Crippen LogP contribution in [-0.4, -0.2) is 59.6 Å². The Hall–Kier alpha value is -2.98. The molecule has 1 atom stereocenters. The van der Waals surface area contributed by atoms with Gasteiger partial charge in [-0.25, -0.2) is 4.39 Å². The third kappa shape index (κ3) is 7.02. The number of nitrogens with zero attached hydrogens (tertiary/aromatic N) is 2. The molecule has 0 unspecified atom stereocenters. The highest BCUT2D eigenvalue weighted by Crippen LogP contribution is 2.40. The van der Waals surface area contributed by atoms with Crippen molar-refractivity contribution in [2.24, 2.45) is 5.92 Å². The van der Waals surface area contributed by atoms with Gasteiger partial charge in [-0.15, -0.1) is 0 Å². The molecule has 0 spiro atoms. The molecule has 35 heavy (non-hydrogen) atoms. The predicted molar refractivity (Wildman–Crippen MR) is 137 cm³/mol. The predicted octanol–water partition coefficient (Wildman–Crippen LogP) is 5.43. The molecule has 192 valence electrons. The summed E-state index contributed by atoms with van der Waals surface area (Å²) < 4.78 is 34.8. The summed E-state index contributed by atoms with van der Waals surface area (Å²) >= 11 is 0. The second-order valence-corrected chi connectivity index (χ2v) is 8.88. The lowest BCUT2D eigenvalue weighted by atomic mass is 9.69. The molecule has 0 radical (unpaired) electrons. The van der Waals surface area contributed by atoms with Crippen LogP contribution in [0.4, 0.5) is 4.39 Å². The van der Waals surface area contributed by atoms with Gasteiger partial charge in [-0.1, -0.05) is 26.0 Å². The Morgan fingerprint density at radius 1 is 0.857 bits per heavy atom. The maximum atomic E-state index is 13.3. The Kier molecular flexibility index (Phi) is 11.1. The van der Waals surface area contributed by atoms with Crippen molar-refractivity contribution in [3.8, 4) is 29.1 Å². The molecule has 0 fully saturated rings. The SMILES string of the molecule is COc1ccc(CCN(CC[18F])CCC[C@@](C#N)(c2ccc(OC)c(OC)c2)C(C)C)cc1OC. The zero-order valence-electron chi connectivity index (χ0n) is 21.9. The zero-order chi connectivity index (χ0) is 25.8. The summed E-state index contributed by atoms with van der Waals surface area (Å²) in [6.07, 6.45) is 2.20. The monoisotopic (exact) mass is 485 g/mol. The topological polar surface area (TPSA) is 64.0 Å². The van der Waals surface area contributed by atoms with Crippen LogP contribution in [0.2, 0.25) is 0 Å². The molecule has 6 nitrogen and oxygen atoms in total. The molecule has 2 aromatic rings. The van der Waals surface area contributed by atoms with Crippen LogP contribution in [0.1, 0.15) is 37.8 Å². The largest absolute Gasteiger partial charge is 0.493 e. The summed E-state index contributed by atoms with van der Waals surface area (Å²) in [5, 5.41) is 10.3. The van der Waals surface area contributed by atoms with E-state index in [-0.39, 0.29) is 5.92 Å². The molecule has 0 amide bonds. The van der Waals surface area contributed by atoms with Crippen molar-refractivity contribution in [2.45, 2.75) is 38.5 Å². The molecule has 0 bridgehead atoms. The second-order valence-electron chi connectivity index (χ2n) is 8.88. The van der Waals surface area contributed by atoms with E-state index in [1.807, 2.05) is 36.4 Å². The standard InChI is InChI=1S/C28H39FN2O4/c1-21(2)28(20-30,23-9-11-25(33-4)27(19-23)35-6)13-7-15-31(17-14-29)16-12-22-8-10-24(32-3)26(18-22)34-5/h8-11,18-19,21H,7,12-17H2,1-6H3/t28-/m0/s1/i29-1. The maximum absolute atomic E-state index is 13.3. The fourth-order valence-electron chi connectivity index (χ4n) is 4.49. The van der Waals surface area contributed by atoms with E-state index in [1.165, 1.54) is 0 Å². The van der Waals surface area contributed by atoms with Crippen molar-refractivity contribution in [2.75, 3.05) is 54.7 Å². The van der Waals surface area contributed by atoms with Crippen molar-refractivity contribution in [1.29, 1.82) is 5.26 Å². The minimum atomic E-state index is -0.676. The molecule has 7 heteroatoms. The quantitative estimate of drug-likeness (QED) is 0.335. The normalized spacial score (nSPS) is 12.8. The molecule has 0 saturated heterocycles. The number of methoxy groups -OCH3 is 4. The van der Waals surface area contributed by atoms with E-state index in [9.17, 15) is 9.65 Å². The second kappa shape index (κ2) is 13.8. The van der Waals surface area contributed by atoms with E-state index in [1.54, 1.807) is 28.4 Å². The number of hydrogen-bond donors (Lipinski definition) is 0. The molecule has 0 aliphatic carbocycles. The summed E-state index contributed by atoms with van der Waals surface area (Å²) in [6.45, 7) is 5.52. The Morgan fingerprint density at radius 3 is 2.00 bits per heavy atom. The third-order valence-corrected chi connectivity index (χ3v) is 6.69. The van der Waals surface area contributed by atoms with Crippen LogP contribution < -0.4 is 18.9 Å². The van der Waals surface area contributed by atoms with Crippen LogP contribution in [0.15, 0.2) is 36.4 Å². The fraction of sp³-hybridized carbons (Fsp3) is 0.536. The first-order valence-corrected chi connectivity index (χ1v) is 12.0. The molecule has 0 saturated carbocycles. The highest BCUT2D eigenvalue weighted by Gasteiger charge is 2.36. The van der Waals surface area contributed by atoms with Crippen molar-refractivity contribution in [3.63, 3.8) is 0 Å². The lowest BCUT2D eigenvalue weighted by Gasteiger charge is -2.33. The first-order chi connectivity index (χ1) is 16.9. The average molecular weight is 486 g/mol. The Bertz CT molecular complexity index is 976. The number of hydrogen-bond acceptors (Lipinski definition) is 6. The number of benzene rings is 2. The Balaban J connectivity index is 2.11. The van der Waals surface area contributed by atoms with Gasteiger partial charge in [0.15, 0.2) is 23.0 Å². The van der Waals surface area contributed by atoms with Crippen LogP contribution in [-0.2, 0) is 11.8 Å². The van der Waals surface area contributed by atoms with Crippen LogP contribution in [0, 0.1) is 17.2 Å². The van der Waals surface area contributed by atoms with Crippen molar-refractivity contribution < 1.29 is 23.3 Å². The van der Waals surface area contributed by atoms with Gasteiger partial charge in [-0.3, -0.25) is 0 Å². The first kappa shape index (κ1) is 28.3. The molecular formula is C28H39FN2O4. The van der Waals surface area contributed by atoms with E-state index in [0.717, 1.165) is 30.5 Å². The summed E-state index contributed by atoms with van der Waals surface area (Å²) in [7, 11) is 6.42. The number of alkyl halides is 1. The highest BCUT2D eigenvalue weighted by molar-refractivity contribution is 5.47. The molecular weight excluding hydrogens is 446 g/mol. The molecule has 2 aromatic carbocycles. The fourth-order valence-corrected chi connectivity index (χ4v) is 4.49. The van der Waals surface area contributed by atoms with Gasteiger partial charge in [0.05, 0.1) is 39.9 Å². The molecule has 0 aliphatic rings. The summed E-state index contributed by atoms with van der Waals surface area (Å²) in [6, 6.07) is 14.1. The smallest absolute Gasteiger partial charge is 0.161 e. The maximum Gasteiger partial charge on any atom is 0.161 e. The van der Waals surface area contributed by atoms with Crippen molar-refractivity contribution in [3.05, 3.63) is 47.5 Å². The van der Waals surface area contributed by atoms with Crippen LogP contribution in [0.3, 0.4) is 0 Å².